The van der Waals surface area contributed by atoms with E-state index in [4.69, 9.17) is 23.2 Å². The van der Waals surface area contributed by atoms with Crippen molar-refractivity contribution in [2.45, 2.75) is 51.1 Å². The van der Waals surface area contributed by atoms with Gasteiger partial charge in [0.05, 0.1) is 10.0 Å². The van der Waals surface area contributed by atoms with E-state index in [0.717, 1.165) is 16.9 Å². The standard InChI is InChI=1S/C29H32Cl2N2O2S/c1-21(2)32-29(35)27(18-22-9-5-3-6-10-22)33(19-24-13-14-25(30)26(31)17-24)28(34)15-16-36-20-23-11-7-4-8-12-23/h3-14,17,21,27H,15-16,18-20H2,1-2H3,(H,32,35)/t27-/m1/s1. The number of carbonyl (C=O) groups excluding carboxylic acids is 2. The number of thioether (sulfide) groups is 1. The van der Waals surface area contributed by atoms with E-state index in [1.807, 2.05) is 68.4 Å². The van der Waals surface area contributed by atoms with Gasteiger partial charge in [0.25, 0.3) is 0 Å². The number of halogens is 2. The van der Waals surface area contributed by atoms with Gasteiger partial charge in [0, 0.05) is 36.9 Å². The maximum atomic E-state index is 13.6. The molecule has 0 aliphatic heterocycles. The summed E-state index contributed by atoms with van der Waals surface area (Å²) in [5.41, 5.74) is 3.04. The number of nitrogens with zero attached hydrogens (tertiary/aromatic N) is 1. The molecule has 0 saturated heterocycles. The topological polar surface area (TPSA) is 49.4 Å². The molecule has 36 heavy (non-hydrogen) atoms. The molecule has 0 aliphatic carbocycles. The van der Waals surface area contributed by atoms with Crippen LogP contribution in [0.4, 0.5) is 0 Å². The second-order valence-electron chi connectivity index (χ2n) is 8.93. The van der Waals surface area contributed by atoms with E-state index < -0.39 is 6.04 Å². The summed E-state index contributed by atoms with van der Waals surface area (Å²) in [7, 11) is 0. The second-order valence-corrected chi connectivity index (χ2v) is 10.8. The number of hydrogen-bond donors (Lipinski definition) is 1. The third kappa shape index (κ3) is 8.88. The highest BCUT2D eigenvalue weighted by atomic mass is 35.5. The van der Waals surface area contributed by atoms with Crippen LogP contribution in [0.3, 0.4) is 0 Å². The van der Waals surface area contributed by atoms with Crippen molar-refractivity contribution in [3.8, 4) is 0 Å². The SMILES string of the molecule is CC(C)NC(=O)[C@@H](Cc1ccccc1)N(Cc1ccc(Cl)c(Cl)c1)C(=O)CCSCc1ccccc1. The minimum atomic E-state index is -0.657. The second kappa shape index (κ2) is 14.3. The highest BCUT2D eigenvalue weighted by Crippen LogP contribution is 2.25. The van der Waals surface area contributed by atoms with Crippen LogP contribution < -0.4 is 5.32 Å². The minimum absolute atomic E-state index is 0.0425. The smallest absolute Gasteiger partial charge is 0.243 e. The van der Waals surface area contributed by atoms with Crippen LogP contribution >= 0.6 is 35.0 Å². The Balaban J connectivity index is 1.82. The van der Waals surface area contributed by atoms with Crippen molar-refractivity contribution in [2.24, 2.45) is 0 Å². The van der Waals surface area contributed by atoms with Crippen molar-refractivity contribution in [1.82, 2.24) is 10.2 Å². The molecule has 3 aromatic carbocycles. The van der Waals surface area contributed by atoms with E-state index in [9.17, 15) is 9.59 Å². The number of rotatable bonds is 12. The Morgan fingerprint density at radius 3 is 2.11 bits per heavy atom. The van der Waals surface area contributed by atoms with Gasteiger partial charge in [-0.2, -0.15) is 11.8 Å². The zero-order chi connectivity index (χ0) is 25.9. The lowest BCUT2D eigenvalue weighted by Gasteiger charge is -2.32. The molecule has 0 aromatic heterocycles. The third-order valence-electron chi connectivity index (χ3n) is 5.61. The average molecular weight is 544 g/mol. The molecule has 0 aliphatic rings. The molecule has 1 atom stereocenters. The molecule has 3 rings (SSSR count). The molecule has 0 fully saturated rings. The summed E-state index contributed by atoms with van der Waals surface area (Å²) in [6.07, 6.45) is 0.753. The molecule has 4 nitrogen and oxygen atoms in total. The summed E-state index contributed by atoms with van der Waals surface area (Å²) in [4.78, 5) is 28.7. The number of amides is 2. The predicted molar refractivity (Wildman–Crippen MR) is 151 cm³/mol. The molecule has 1 N–H and O–H groups in total. The maximum absolute atomic E-state index is 13.6. The van der Waals surface area contributed by atoms with Gasteiger partial charge in [0.2, 0.25) is 11.8 Å². The normalized spacial score (nSPS) is 11.8. The molecule has 0 heterocycles. The molecular weight excluding hydrogens is 511 g/mol. The number of carbonyl (C=O) groups is 2. The molecule has 3 aromatic rings. The fraction of sp³-hybridized carbons (Fsp3) is 0.310. The Hall–Kier alpha value is -2.47. The van der Waals surface area contributed by atoms with Crippen LogP contribution in [0.25, 0.3) is 0 Å². The highest BCUT2D eigenvalue weighted by Gasteiger charge is 2.30. The van der Waals surface area contributed by atoms with E-state index in [1.165, 1.54) is 5.56 Å². The van der Waals surface area contributed by atoms with Gasteiger partial charge in [0.1, 0.15) is 6.04 Å². The molecule has 0 spiro atoms. The first-order valence-corrected chi connectivity index (χ1v) is 13.9. The van der Waals surface area contributed by atoms with Gasteiger partial charge in [-0.15, -0.1) is 0 Å². The predicted octanol–water partition coefficient (Wildman–Crippen LogP) is 6.78. The molecule has 0 saturated carbocycles. The van der Waals surface area contributed by atoms with Gasteiger partial charge in [-0.25, -0.2) is 0 Å². The first-order chi connectivity index (χ1) is 17.3. The monoisotopic (exact) mass is 542 g/mol. The Morgan fingerprint density at radius 1 is 0.861 bits per heavy atom. The van der Waals surface area contributed by atoms with E-state index in [-0.39, 0.29) is 24.4 Å². The van der Waals surface area contributed by atoms with Gasteiger partial charge >= 0.3 is 0 Å². The molecule has 190 valence electrons. The number of nitrogens with one attached hydrogen (secondary N) is 1. The van der Waals surface area contributed by atoms with Crippen LogP contribution in [0.2, 0.25) is 10.0 Å². The highest BCUT2D eigenvalue weighted by molar-refractivity contribution is 7.98. The summed E-state index contributed by atoms with van der Waals surface area (Å²) < 4.78 is 0. The van der Waals surface area contributed by atoms with Gasteiger partial charge in [-0.1, -0.05) is 89.9 Å². The number of benzene rings is 3. The van der Waals surface area contributed by atoms with E-state index in [1.54, 1.807) is 28.8 Å². The first kappa shape index (κ1) is 28.1. The lowest BCUT2D eigenvalue weighted by molar-refractivity contribution is -0.141. The molecule has 0 unspecified atom stereocenters. The van der Waals surface area contributed by atoms with Crippen molar-refractivity contribution in [3.05, 3.63) is 106 Å². The summed E-state index contributed by atoms with van der Waals surface area (Å²) in [6, 6.07) is 24.6. The van der Waals surface area contributed by atoms with Crippen LogP contribution in [-0.4, -0.2) is 34.6 Å². The fourth-order valence-electron chi connectivity index (χ4n) is 3.84. The largest absolute Gasteiger partial charge is 0.352 e. The summed E-state index contributed by atoms with van der Waals surface area (Å²) in [6.45, 7) is 4.10. The summed E-state index contributed by atoms with van der Waals surface area (Å²) in [5.74, 6) is 1.26. The Labute approximate surface area is 228 Å². The molecule has 7 heteroatoms. The zero-order valence-electron chi connectivity index (χ0n) is 20.6. The lowest BCUT2D eigenvalue weighted by Crippen LogP contribution is -2.51. The summed E-state index contributed by atoms with van der Waals surface area (Å²) >= 11 is 14.1. The van der Waals surface area contributed by atoms with Crippen LogP contribution in [0.1, 0.15) is 37.0 Å². The van der Waals surface area contributed by atoms with Gasteiger partial charge in [-0.3, -0.25) is 9.59 Å². The first-order valence-electron chi connectivity index (χ1n) is 12.0. The number of hydrogen-bond acceptors (Lipinski definition) is 3. The molecular formula is C29H32Cl2N2O2S. The van der Waals surface area contributed by atoms with Crippen molar-refractivity contribution in [3.63, 3.8) is 0 Å². The Kier molecular flexibility index (Phi) is 11.2. The van der Waals surface area contributed by atoms with Gasteiger partial charge < -0.3 is 10.2 Å². The van der Waals surface area contributed by atoms with Crippen molar-refractivity contribution < 1.29 is 9.59 Å². The quantitative estimate of drug-likeness (QED) is 0.256. The fourth-order valence-corrected chi connectivity index (χ4v) is 5.05. The Morgan fingerprint density at radius 2 is 1.50 bits per heavy atom. The maximum Gasteiger partial charge on any atom is 0.243 e. The molecule has 0 bridgehead atoms. The van der Waals surface area contributed by atoms with Crippen LogP contribution in [0.5, 0.6) is 0 Å². The van der Waals surface area contributed by atoms with Gasteiger partial charge in [0.15, 0.2) is 0 Å². The minimum Gasteiger partial charge on any atom is -0.352 e. The molecule has 0 radical (unpaired) electrons. The van der Waals surface area contributed by atoms with Crippen molar-refractivity contribution in [2.75, 3.05) is 5.75 Å². The van der Waals surface area contributed by atoms with Crippen LogP contribution in [-0.2, 0) is 28.3 Å². The van der Waals surface area contributed by atoms with E-state index in [2.05, 4.69) is 17.4 Å². The average Bonchev–Trinajstić information content (AvgIpc) is 2.86. The van der Waals surface area contributed by atoms with Crippen LogP contribution in [0.15, 0.2) is 78.9 Å². The van der Waals surface area contributed by atoms with Crippen molar-refractivity contribution in [1.29, 1.82) is 0 Å². The lowest BCUT2D eigenvalue weighted by atomic mass is 10.0. The Bertz CT molecular complexity index is 1130. The van der Waals surface area contributed by atoms with E-state index >= 15 is 0 Å². The third-order valence-corrected chi connectivity index (χ3v) is 7.38. The molecule has 2 amide bonds. The van der Waals surface area contributed by atoms with Crippen molar-refractivity contribution >= 4 is 46.8 Å². The van der Waals surface area contributed by atoms with Gasteiger partial charge in [-0.05, 0) is 42.7 Å². The zero-order valence-corrected chi connectivity index (χ0v) is 23.0. The summed E-state index contributed by atoms with van der Waals surface area (Å²) in [5, 5.41) is 3.88. The van der Waals surface area contributed by atoms with E-state index in [0.29, 0.717) is 28.6 Å². The van der Waals surface area contributed by atoms with Crippen LogP contribution in [0, 0.1) is 0 Å².